The Hall–Kier alpha value is -1.78. The number of nitrogens with two attached hydrogens (primary N) is 1. The van der Waals surface area contributed by atoms with Crippen molar-refractivity contribution in [2.75, 3.05) is 36.6 Å². The van der Waals surface area contributed by atoms with Gasteiger partial charge in [-0.3, -0.25) is 0 Å². The Bertz CT molecular complexity index is 622. The fourth-order valence-corrected chi connectivity index (χ4v) is 2.91. The predicted molar refractivity (Wildman–Crippen MR) is 71.5 cm³/mol. The fourth-order valence-electron chi connectivity index (χ4n) is 2.08. The van der Waals surface area contributed by atoms with Crippen LogP contribution in [0.15, 0.2) is 23.1 Å². The molecule has 102 valence electrons. The van der Waals surface area contributed by atoms with Crippen molar-refractivity contribution in [1.29, 1.82) is 5.26 Å². The van der Waals surface area contributed by atoms with Gasteiger partial charge in [0.25, 0.3) is 0 Å². The maximum absolute atomic E-state index is 11.6. The normalized spacial score (nSPS) is 20.0. The number of nitrogen functional groups attached to an aromatic ring is 1. The van der Waals surface area contributed by atoms with E-state index in [0.717, 1.165) is 6.26 Å². The van der Waals surface area contributed by atoms with Crippen molar-refractivity contribution in [2.45, 2.75) is 11.0 Å². The molecule has 1 atom stereocenters. The van der Waals surface area contributed by atoms with Crippen LogP contribution in [0.4, 0.5) is 11.4 Å². The molecule has 0 spiro atoms. The monoisotopic (exact) mass is 281 g/mol. The number of morpholine rings is 1. The fraction of sp³-hybridized carbons (Fsp3) is 0.417. The predicted octanol–water partition coefficient (Wildman–Crippen LogP) is 0.401. The lowest BCUT2D eigenvalue weighted by molar-refractivity contribution is 0.0765. The summed E-state index contributed by atoms with van der Waals surface area (Å²) in [5.41, 5.74) is 6.80. The van der Waals surface area contributed by atoms with E-state index in [-0.39, 0.29) is 10.6 Å². The van der Waals surface area contributed by atoms with Crippen LogP contribution in [0.5, 0.6) is 0 Å². The lowest BCUT2D eigenvalue weighted by Gasteiger charge is -2.32. The quantitative estimate of drug-likeness (QED) is 0.788. The van der Waals surface area contributed by atoms with E-state index < -0.39 is 15.9 Å². The molecule has 0 aromatic heterocycles. The lowest BCUT2D eigenvalue weighted by atomic mass is 10.2. The van der Waals surface area contributed by atoms with Gasteiger partial charge in [-0.2, -0.15) is 5.26 Å². The summed E-state index contributed by atoms with van der Waals surface area (Å²) in [6.07, 6.45) is 0.606. The van der Waals surface area contributed by atoms with Crippen LogP contribution >= 0.6 is 0 Å². The zero-order chi connectivity index (χ0) is 14.0. The molecule has 1 aromatic carbocycles. The molecule has 1 aliphatic heterocycles. The molecular formula is C12H15N3O3S. The SMILES string of the molecule is CS(=O)(=O)c1cccc(N2CCOC(C#N)C2)c1N. The van der Waals surface area contributed by atoms with Crippen molar-refractivity contribution in [2.24, 2.45) is 0 Å². The van der Waals surface area contributed by atoms with Crippen molar-refractivity contribution in [1.82, 2.24) is 0 Å². The Morgan fingerprint density at radius 3 is 2.89 bits per heavy atom. The summed E-state index contributed by atoms with van der Waals surface area (Å²) in [6, 6.07) is 6.93. The number of rotatable bonds is 2. The minimum atomic E-state index is -3.36. The molecule has 0 radical (unpaired) electrons. The molecule has 7 heteroatoms. The highest BCUT2D eigenvalue weighted by Crippen LogP contribution is 2.30. The third-order valence-corrected chi connectivity index (χ3v) is 4.15. The first-order chi connectivity index (χ1) is 8.93. The average Bonchev–Trinajstić information content (AvgIpc) is 2.37. The molecule has 19 heavy (non-hydrogen) atoms. The van der Waals surface area contributed by atoms with Crippen LogP contribution in [-0.2, 0) is 14.6 Å². The van der Waals surface area contributed by atoms with Crippen LogP contribution in [0.1, 0.15) is 0 Å². The van der Waals surface area contributed by atoms with Gasteiger partial charge in [0.15, 0.2) is 15.9 Å². The Balaban J connectivity index is 2.39. The molecule has 1 aromatic rings. The van der Waals surface area contributed by atoms with Gasteiger partial charge in [-0.1, -0.05) is 6.07 Å². The van der Waals surface area contributed by atoms with Gasteiger partial charge in [0, 0.05) is 12.8 Å². The number of hydrogen-bond acceptors (Lipinski definition) is 6. The summed E-state index contributed by atoms with van der Waals surface area (Å²) in [5.74, 6) is 0. The minimum absolute atomic E-state index is 0.116. The third kappa shape index (κ3) is 2.80. The second kappa shape index (κ2) is 5.07. The number of nitrogens with zero attached hydrogens (tertiary/aromatic N) is 2. The van der Waals surface area contributed by atoms with Crippen molar-refractivity contribution in [3.05, 3.63) is 18.2 Å². The van der Waals surface area contributed by atoms with Gasteiger partial charge in [0.2, 0.25) is 0 Å². The maximum atomic E-state index is 11.6. The number of nitriles is 1. The smallest absolute Gasteiger partial charge is 0.177 e. The summed E-state index contributed by atoms with van der Waals surface area (Å²) < 4.78 is 28.5. The van der Waals surface area contributed by atoms with Gasteiger partial charge < -0.3 is 15.4 Å². The molecule has 1 aliphatic rings. The maximum Gasteiger partial charge on any atom is 0.177 e. The molecule has 2 rings (SSSR count). The van der Waals surface area contributed by atoms with Crippen LogP contribution in [0.2, 0.25) is 0 Å². The average molecular weight is 281 g/mol. The first kappa shape index (κ1) is 13.6. The molecule has 1 heterocycles. The van der Waals surface area contributed by atoms with Crippen LogP contribution < -0.4 is 10.6 Å². The summed E-state index contributed by atoms with van der Waals surface area (Å²) in [4.78, 5) is 1.99. The van der Waals surface area contributed by atoms with E-state index in [1.807, 2.05) is 11.0 Å². The molecule has 6 nitrogen and oxygen atoms in total. The van der Waals surface area contributed by atoms with E-state index in [1.54, 1.807) is 12.1 Å². The van der Waals surface area contributed by atoms with Crippen LogP contribution in [0, 0.1) is 11.3 Å². The highest BCUT2D eigenvalue weighted by atomic mass is 32.2. The highest BCUT2D eigenvalue weighted by Gasteiger charge is 2.23. The Morgan fingerprint density at radius 1 is 1.53 bits per heavy atom. The van der Waals surface area contributed by atoms with Crippen LogP contribution in [-0.4, -0.2) is 40.5 Å². The summed E-state index contributed by atoms with van der Waals surface area (Å²) >= 11 is 0. The van der Waals surface area contributed by atoms with Gasteiger partial charge in [-0.05, 0) is 12.1 Å². The van der Waals surface area contributed by atoms with E-state index in [2.05, 4.69) is 0 Å². The molecule has 0 amide bonds. The van der Waals surface area contributed by atoms with Gasteiger partial charge in [0.1, 0.15) is 0 Å². The lowest BCUT2D eigenvalue weighted by Crippen LogP contribution is -2.42. The van der Waals surface area contributed by atoms with E-state index >= 15 is 0 Å². The molecule has 2 N–H and O–H groups in total. The molecule has 1 fully saturated rings. The van der Waals surface area contributed by atoms with Gasteiger partial charge in [-0.15, -0.1) is 0 Å². The number of ether oxygens (including phenoxy) is 1. The van der Waals surface area contributed by atoms with Crippen LogP contribution in [0.3, 0.4) is 0 Å². The van der Waals surface area contributed by atoms with E-state index in [9.17, 15) is 8.42 Å². The summed E-state index contributed by atoms with van der Waals surface area (Å²) in [7, 11) is -3.36. The van der Waals surface area contributed by atoms with Crippen molar-refractivity contribution in [3.63, 3.8) is 0 Å². The minimum Gasteiger partial charge on any atom is -0.396 e. The first-order valence-electron chi connectivity index (χ1n) is 5.78. The Labute approximate surface area is 112 Å². The first-order valence-corrected chi connectivity index (χ1v) is 7.67. The topological polar surface area (TPSA) is 96.4 Å². The van der Waals surface area contributed by atoms with Crippen molar-refractivity contribution >= 4 is 21.2 Å². The number of anilines is 2. The second-order valence-corrected chi connectivity index (χ2v) is 6.38. The molecule has 0 bridgehead atoms. The molecular weight excluding hydrogens is 266 g/mol. The molecule has 0 aliphatic carbocycles. The van der Waals surface area contributed by atoms with E-state index in [1.165, 1.54) is 6.07 Å². The molecule has 0 saturated carbocycles. The number of benzene rings is 1. The van der Waals surface area contributed by atoms with Gasteiger partial charge >= 0.3 is 0 Å². The zero-order valence-electron chi connectivity index (χ0n) is 10.5. The molecule has 1 unspecified atom stereocenters. The van der Waals surface area contributed by atoms with Crippen molar-refractivity contribution in [3.8, 4) is 6.07 Å². The largest absolute Gasteiger partial charge is 0.396 e. The standard InChI is InChI=1S/C12H15N3O3S/c1-19(16,17)11-4-2-3-10(12(11)14)15-5-6-18-9(7-13)8-15/h2-4,9H,5-6,8,14H2,1H3. The zero-order valence-corrected chi connectivity index (χ0v) is 11.4. The second-order valence-electron chi connectivity index (χ2n) is 4.40. The van der Waals surface area contributed by atoms with E-state index in [0.29, 0.717) is 25.4 Å². The third-order valence-electron chi connectivity index (χ3n) is 2.99. The highest BCUT2D eigenvalue weighted by molar-refractivity contribution is 7.90. The number of hydrogen-bond donors (Lipinski definition) is 1. The number of para-hydroxylation sites is 1. The van der Waals surface area contributed by atoms with E-state index in [4.69, 9.17) is 15.7 Å². The summed E-state index contributed by atoms with van der Waals surface area (Å²) in [6.45, 7) is 1.38. The summed E-state index contributed by atoms with van der Waals surface area (Å²) in [5, 5.41) is 8.88. The van der Waals surface area contributed by atoms with Gasteiger partial charge in [0.05, 0.1) is 35.5 Å². The van der Waals surface area contributed by atoms with Crippen molar-refractivity contribution < 1.29 is 13.2 Å². The number of sulfone groups is 1. The van der Waals surface area contributed by atoms with Crippen LogP contribution in [0.25, 0.3) is 0 Å². The Kier molecular flexibility index (Phi) is 3.64. The molecule has 1 saturated heterocycles. The Morgan fingerprint density at radius 2 is 2.26 bits per heavy atom. The van der Waals surface area contributed by atoms with Gasteiger partial charge in [-0.25, -0.2) is 8.42 Å².